The van der Waals surface area contributed by atoms with Crippen LogP contribution in [0.1, 0.15) is 12.0 Å². The van der Waals surface area contributed by atoms with E-state index in [-0.39, 0.29) is 16.4 Å². The summed E-state index contributed by atoms with van der Waals surface area (Å²) < 4.78 is 58.3. The number of halogens is 5. The van der Waals surface area contributed by atoms with E-state index < -0.39 is 24.6 Å². The highest BCUT2D eigenvalue weighted by Gasteiger charge is 2.35. The fourth-order valence-corrected chi connectivity index (χ4v) is 3.14. The smallest absolute Gasteiger partial charge is 0.377 e. The predicted octanol–water partition coefficient (Wildman–Crippen LogP) is 5.88. The molecule has 1 heterocycles. The van der Waals surface area contributed by atoms with Gasteiger partial charge in [0.2, 0.25) is 0 Å². The lowest BCUT2D eigenvalue weighted by Crippen LogP contribution is -2.42. The molecule has 29 heavy (non-hydrogen) atoms. The first-order valence-electron chi connectivity index (χ1n) is 8.71. The SMILES string of the molecule is O=C(Nc1ccc(F)c(Cl)c1)N(CC(F)(F)F)c1ccccc1C1=CCOCC1. The van der Waals surface area contributed by atoms with Crippen molar-refractivity contribution in [2.24, 2.45) is 0 Å². The highest BCUT2D eigenvalue weighted by molar-refractivity contribution is 6.31. The first-order valence-corrected chi connectivity index (χ1v) is 9.09. The van der Waals surface area contributed by atoms with Crippen LogP contribution in [0.2, 0.25) is 5.02 Å². The lowest BCUT2D eigenvalue weighted by Gasteiger charge is -2.28. The molecule has 0 saturated heterocycles. The highest BCUT2D eigenvalue weighted by atomic mass is 35.5. The summed E-state index contributed by atoms with van der Waals surface area (Å²) in [4.78, 5) is 13.4. The summed E-state index contributed by atoms with van der Waals surface area (Å²) in [5.41, 5.74) is 1.52. The number of hydrogen-bond acceptors (Lipinski definition) is 2. The number of ether oxygens (including phenoxy) is 1. The van der Waals surface area contributed by atoms with Gasteiger partial charge in [0.15, 0.2) is 0 Å². The average molecular weight is 429 g/mol. The van der Waals surface area contributed by atoms with E-state index in [0.717, 1.165) is 17.7 Å². The molecule has 4 nitrogen and oxygen atoms in total. The molecule has 3 rings (SSSR count). The Morgan fingerprint density at radius 3 is 2.62 bits per heavy atom. The van der Waals surface area contributed by atoms with Crippen LogP contribution in [-0.2, 0) is 4.74 Å². The van der Waals surface area contributed by atoms with Gasteiger partial charge in [-0.15, -0.1) is 0 Å². The Bertz CT molecular complexity index is 931. The van der Waals surface area contributed by atoms with Crippen LogP contribution in [0, 0.1) is 5.82 Å². The Labute approximate surface area is 169 Å². The minimum Gasteiger partial charge on any atom is -0.377 e. The largest absolute Gasteiger partial charge is 0.406 e. The van der Waals surface area contributed by atoms with Crippen molar-refractivity contribution in [3.05, 3.63) is 64.9 Å². The van der Waals surface area contributed by atoms with Gasteiger partial charge in [-0.05, 0) is 36.3 Å². The minimum atomic E-state index is -4.63. The summed E-state index contributed by atoms with van der Waals surface area (Å²) in [7, 11) is 0. The Hall–Kier alpha value is -2.58. The van der Waals surface area contributed by atoms with E-state index in [2.05, 4.69) is 5.32 Å². The molecular formula is C20H17ClF4N2O2. The summed E-state index contributed by atoms with van der Waals surface area (Å²) in [6.07, 6.45) is -2.33. The van der Waals surface area contributed by atoms with Gasteiger partial charge in [0.1, 0.15) is 12.4 Å². The normalized spacial score (nSPS) is 14.3. The molecule has 2 amide bonds. The van der Waals surface area contributed by atoms with Crippen molar-refractivity contribution in [3.63, 3.8) is 0 Å². The van der Waals surface area contributed by atoms with Crippen LogP contribution >= 0.6 is 11.6 Å². The molecule has 1 aliphatic heterocycles. The first kappa shape index (κ1) is 21.1. The third-order valence-electron chi connectivity index (χ3n) is 4.26. The van der Waals surface area contributed by atoms with Gasteiger partial charge in [0, 0.05) is 11.3 Å². The molecule has 2 aromatic carbocycles. The van der Waals surface area contributed by atoms with Gasteiger partial charge in [-0.3, -0.25) is 4.90 Å². The monoisotopic (exact) mass is 428 g/mol. The van der Waals surface area contributed by atoms with E-state index >= 15 is 0 Å². The molecule has 0 radical (unpaired) electrons. The van der Waals surface area contributed by atoms with Gasteiger partial charge in [-0.25, -0.2) is 9.18 Å². The molecule has 0 fully saturated rings. The minimum absolute atomic E-state index is 0.0799. The molecule has 0 aromatic heterocycles. The van der Waals surface area contributed by atoms with Crippen molar-refractivity contribution < 1.29 is 27.1 Å². The topological polar surface area (TPSA) is 41.6 Å². The summed E-state index contributed by atoms with van der Waals surface area (Å²) in [6.45, 7) is -0.697. The molecule has 1 aliphatic rings. The van der Waals surface area contributed by atoms with Crippen molar-refractivity contribution in [1.29, 1.82) is 0 Å². The second-order valence-electron chi connectivity index (χ2n) is 6.33. The molecule has 0 aliphatic carbocycles. The van der Waals surface area contributed by atoms with Gasteiger partial charge < -0.3 is 10.1 Å². The third kappa shape index (κ3) is 5.48. The molecule has 0 unspecified atom stereocenters. The molecule has 0 saturated carbocycles. The van der Waals surface area contributed by atoms with Crippen LogP contribution in [0.25, 0.3) is 5.57 Å². The van der Waals surface area contributed by atoms with Crippen molar-refractivity contribution in [3.8, 4) is 0 Å². The van der Waals surface area contributed by atoms with Gasteiger partial charge in [-0.2, -0.15) is 13.2 Å². The van der Waals surface area contributed by atoms with Crippen molar-refractivity contribution >= 4 is 34.6 Å². The lowest BCUT2D eigenvalue weighted by atomic mass is 9.99. The van der Waals surface area contributed by atoms with E-state index in [9.17, 15) is 22.4 Å². The number of amides is 2. The van der Waals surface area contributed by atoms with Crippen LogP contribution in [0.4, 0.5) is 33.7 Å². The Kier molecular flexibility index (Phi) is 6.44. The maximum absolute atomic E-state index is 13.3. The quantitative estimate of drug-likeness (QED) is 0.617. The number of rotatable bonds is 4. The Morgan fingerprint density at radius 1 is 1.21 bits per heavy atom. The van der Waals surface area contributed by atoms with E-state index in [1.807, 2.05) is 0 Å². The van der Waals surface area contributed by atoms with Crippen molar-refractivity contribution in [1.82, 2.24) is 0 Å². The molecule has 2 aromatic rings. The van der Waals surface area contributed by atoms with Gasteiger partial charge in [0.25, 0.3) is 0 Å². The number of carbonyl (C=O) groups excluding carboxylic acids is 1. The Morgan fingerprint density at radius 2 is 1.97 bits per heavy atom. The molecule has 0 atom stereocenters. The average Bonchev–Trinajstić information content (AvgIpc) is 2.69. The fraction of sp³-hybridized carbons (Fsp3) is 0.250. The number of hydrogen-bond donors (Lipinski definition) is 1. The molecule has 1 N–H and O–H groups in total. The number of alkyl halides is 3. The number of benzene rings is 2. The maximum Gasteiger partial charge on any atom is 0.406 e. The first-order chi connectivity index (χ1) is 13.7. The van der Waals surface area contributed by atoms with Crippen LogP contribution in [-0.4, -0.2) is 32.0 Å². The van der Waals surface area contributed by atoms with Crippen LogP contribution in [0.3, 0.4) is 0 Å². The Balaban J connectivity index is 1.96. The number of para-hydroxylation sites is 1. The molecule has 0 spiro atoms. The molecular weight excluding hydrogens is 412 g/mol. The highest BCUT2D eigenvalue weighted by Crippen LogP contribution is 2.33. The molecule has 9 heteroatoms. The third-order valence-corrected chi connectivity index (χ3v) is 4.55. The second kappa shape index (κ2) is 8.84. The fourth-order valence-electron chi connectivity index (χ4n) is 2.96. The van der Waals surface area contributed by atoms with Crippen LogP contribution in [0.5, 0.6) is 0 Å². The van der Waals surface area contributed by atoms with Gasteiger partial charge >= 0.3 is 12.2 Å². The van der Waals surface area contributed by atoms with E-state index in [0.29, 0.717) is 30.1 Å². The van der Waals surface area contributed by atoms with Crippen LogP contribution < -0.4 is 10.2 Å². The zero-order valence-electron chi connectivity index (χ0n) is 15.1. The van der Waals surface area contributed by atoms with Crippen molar-refractivity contribution in [2.45, 2.75) is 12.6 Å². The molecule has 0 bridgehead atoms. The number of nitrogens with zero attached hydrogens (tertiary/aromatic N) is 1. The van der Waals surface area contributed by atoms with Gasteiger partial charge in [-0.1, -0.05) is 35.9 Å². The maximum atomic E-state index is 13.3. The standard InChI is InChI=1S/C20H17ClF4N2O2/c21-16-11-14(5-6-17(16)22)26-19(28)27(12-20(23,24)25)18-4-2-1-3-15(18)13-7-9-29-10-8-13/h1-7,11H,8-10,12H2,(H,26,28). The number of nitrogens with one attached hydrogen (secondary N) is 1. The van der Waals surface area contributed by atoms with Crippen molar-refractivity contribution in [2.75, 3.05) is 30.0 Å². The second-order valence-corrected chi connectivity index (χ2v) is 6.74. The zero-order chi connectivity index (χ0) is 21.0. The van der Waals surface area contributed by atoms with E-state index in [1.54, 1.807) is 24.3 Å². The molecule has 154 valence electrons. The summed E-state index contributed by atoms with van der Waals surface area (Å²) in [5, 5.41) is 2.10. The summed E-state index contributed by atoms with van der Waals surface area (Å²) in [6, 6.07) is 8.73. The van der Waals surface area contributed by atoms with E-state index in [1.165, 1.54) is 12.1 Å². The zero-order valence-corrected chi connectivity index (χ0v) is 15.9. The van der Waals surface area contributed by atoms with E-state index in [4.69, 9.17) is 16.3 Å². The summed E-state index contributed by atoms with van der Waals surface area (Å²) in [5.74, 6) is -0.700. The van der Waals surface area contributed by atoms with Crippen LogP contribution in [0.15, 0.2) is 48.5 Å². The lowest BCUT2D eigenvalue weighted by molar-refractivity contribution is -0.118. The number of anilines is 2. The van der Waals surface area contributed by atoms with Gasteiger partial charge in [0.05, 0.1) is 23.9 Å². The number of carbonyl (C=O) groups is 1. The predicted molar refractivity (Wildman–Crippen MR) is 104 cm³/mol. The number of urea groups is 1. The summed E-state index contributed by atoms with van der Waals surface area (Å²) >= 11 is 5.69.